The molecule has 254 valence electrons. The zero-order valence-corrected chi connectivity index (χ0v) is 26.8. The molecule has 12 heteroatoms. The van der Waals surface area contributed by atoms with E-state index in [0.29, 0.717) is 52.9 Å². The van der Waals surface area contributed by atoms with E-state index >= 15 is 0 Å². The maximum Gasteiger partial charge on any atom is 0.573 e. The summed E-state index contributed by atoms with van der Waals surface area (Å²) in [6.07, 6.45) is 10.1. The predicted molar refractivity (Wildman–Crippen MR) is 172 cm³/mol. The van der Waals surface area contributed by atoms with Gasteiger partial charge in [0.2, 0.25) is 5.95 Å². The molecule has 1 aliphatic heterocycles. The van der Waals surface area contributed by atoms with Gasteiger partial charge in [0, 0.05) is 56.0 Å². The predicted octanol–water partition coefficient (Wildman–Crippen LogP) is 6.14. The summed E-state index contributed by atoms with van der Waals surface area (Å²) in [7, 11) is 0. The molecule has 6 aliphatic rings. The summed E-state index contributed by atoms with van der Waals surface area (Å²) < 4.78 is 48.3. The highest BCUT2D eigenvalue weighted by Gasteiger charge is 2.55. The van der Waals surface area contributed by atoms with Gasteiger partial charge in [-0.25, -0.2) is 4.98 Å². The fourth-order valence-electron chi connectivity index (χ4n) is 9.58. The maximum atomic E-state index is 12.9. The molecular formula is C35H46F3N7O2. The molecule has 0 radical (unpaired) electrons. The molecule has 1 aromatic carbocycles. The first-order valence-corrected chi connectivity index (χ1v) is 17.4. The molecule has 4 N–H and O–H groups in total. The zero-order chi connectivity index (χ0) is 32.4. The molecular weight excluding hydrogens is 607 g/mol. The quantitative estimate of drug-likeness (QED) is 0.227. The smallest absolute Gasteiger partial charge is 0.405 e. The number of halogens is 3. The fourth-order valence-corrected chi connectivity index (χ4v) is 9.58. The van der Waals surface area contributed by atoms with E-state index in [1.54, 1.807) is 12.1 Å². The second-order valence-electron chi connectivity index (χ2n) is 14.7. The summed E-state index contributed by atoms with van der Waals surface area (Å²) in [5.74, 6) is 2.53. The van der Waals surface area contributed by atoms with Crippen molar-refractivity contribution >= 4 is 11.8 Å². The summed E-state index contributed by atoms with van der Waals surface area (Å²) in [5.41, 5.74) is 0.852. The van der Waals surface area contributed by atoms with Gasteiger partial charge in [-0.15, -0.1) is 13.2 Å². The third-order valence-corrected chi connectivity index (χ3v) is 11.4. The van der Waals surface area contributed by atoms with Gasteiger partial charge < -0.3 is 30.7 Å². The molecule has 6 fully saturated rings. The Morgan fingerprint density at radius 1 is 0.915 bits per heavy atom. The average Bonchev–Trinajstić information content (AvgIpc) is 3.05. The fraction of sp³-hybridized carbons (Fsp3) is 0.686. The van der Waals surface area contributed by atoms with E-state index in [9.17, 15) is 18.4 Å². The first-order valence-electron chi connectivity index (χ1n) is 17.4. The number of hydrogen-bond donors (Lipinski definition) is 4. The topological polar surface area (TPSA) is 116 Å². The van der Waals surface area contributed by atoms with Crippen molar-refractivity contribution < 1.29 is 22.6 Å². The summed E-state index contributed by atoms with van der Waals surface area (Å²) in [4.78, 5) is 8.81. The highest BCUT2D eigenvalue weighted by molar-refractivity contribution is 5.53. The van der Waals surface area contributed by atoms with E-state index < -0.39 is 6.36 Å². The lowest BCUT2D eigenvalue weighted by atomic mass is 9.47. The number of aromatic nitrogens is 2. The molecule has 5 atom stereocenters. The largest absolute Gasteiger partial charge is 0.573 e. The number of ether oxygens (including phenoxy) is 2. The summed E-state index contributed by atoms with van der Waals surface area (Å²) in [6.45, 7) is 2.56. The van der Waals surface area contributed by atoms with Crippen molar-refractivity contribution in [2.75, 3.05) is 30.4 Å². The van der Waals surface area contributed by atoms with Gasteiger partial charge in [0.15, 0.2) is 0 Å². The molecule has 0 amide bonds. The van der Waals surface area contributed by atoms with Crippen LogP contribution in [0.25, 0.3) is 0 Å². The van der Waals surface area contributed by atoms with Gasteiger partial charge in [0.25, 0.3) is 0 Å². The van der Waals surface area contributed by atoms with Crippen molar-refractivity contribution in [2.24, 2.45) is 23.2 Å². The minimum Gasteiger partial charge on any atom is -0.405 e. The number of nitrogens with one attached hydrogen (secondary N) is 4. The van der Waals surface area contributed by atoms with Gasteiger partial charge in [0.1, 0.15) is 23.2 Å². The first-order chi connectivity index (χ1) is 22.7. The zero-order valence-electron chi connectivity index (χ0n) is 26.8. The molecule has 2 heterocycles. The van der Waals surface area contributed by atoms with Crippen LogP contribution in [0.5, 0.6) is 5.75 Å². The highest BCUT2D eigenvalue weighted by atomic mass is 19.4. The molecule has 9 nitrogen and oxygen atoms in total. The third-order valence-electron chi connectivity index (χ3n) is 11.4. The van der Waals surface area contributed by atoms with Crippen LogP contribution >= 0.6 is 0 Å². The van der Waals surface area contributed by atoms with E-state index in [1.807, 2.05) is 0 Å². The number of nitrogens with zero attached hydrogens (tertiary/aromatic N) is 3. The summed E-state index contributed by atoms with van der Waals surface area (Å²) in [5, 5.41) is 24.4. The number of benzene rings is 1. The van der Waals surface area contributed by atoms with Crippen LogP contribution in [0, 0.1) is 34.5 Å². The Kier molecular flexibility index (Phi) is 9.49. The molecule has 4 bridgehead atoms. The van der Waals surface area contributed by atoms with Crippen LogP contribution in [-0.2, 0) is 11.3 Å². The maximum absolute atomic E-state index is 12.9. The Morgan fingerprint density at radius 3 is 2.30 bits per heavy atom. The average molecular weight is 654 g/mol. The van der Waals surface area contributed by atoms with E-state index in [-0.39, 0.29) is 23.7 Å². The highest BCUT2D eigenvalue weighted by Crippen LogP contribution is 2.60. The molecule has 1 saturated heterocycles. The second-order valence-corrected chi connectivity index (χ2v) is 14.7. The number of rotatable bonds is 11. The monoisotopic (exact) mass is 653 g/mol. The second kappa shape index (κ2) is 13.8. The van der Waals surface area contributed by atoms with E-state index in [0.717, 1.165) is 38.5 Å². The van der Waals surface area contributed by atoms with Crippen molar-refractivity contribution in [1.82, 2.24) is 20.6 Å². The van der Waals surface area contributed by atoms with Crippen LogP contribution in [0.4, 0.5) is 24.9 Å². The lowest BCUT2D eigenvalue weighted by molar-refractivity contribution is -0.274. The minimum atomic E-state index is -4.78. The molecule has 0 spiro atoms. The normalized spacial score (nSPS) is 32.1. The number of hydrogen-bond acceptors (Lipinski definition) is 9. The van der Waals surface area contributed by atoms with Crippen molar-refractivity contribution in [3.63, 3.8) is 0 Å². The van der Waals surface area contributed by atoms with Gasteiger partial charge in [-0.1, -0.05) is 18.2 Å². The van der Waals surface area contributed by atoms with E-state index in [4.69, 9.17) is 4.74 Å². The van der Waals surface area contributed by atoms with Gasteiger partial charge in [-0.2, -0.15) is 10.2 Å². The molecule has 1 unspecified atom stereocenters. The van der Waals surface area contributed by atoms with Crippen LogP contribution in [-0.4, -0.2) is 60.3 Å². The molecule has 1 aromatic heterocycles. The van der Waals surface area contributed by atoms with Gasteiger partial charge in [0.05, 0.1) is 6.20 Å². The molecule has 47 heavy (non-hydrogen) atoms. The molecule has 8 rings (SSSR count). The van der Waals surface area contributed by atoms with E-state index in [1.165, 1.54) is 76.1 Å². The van der Waals surface area contributed by atoms with Crippen molar-refractivity contribution in [2.45, 2.75) is 108 Å². The lowest BCUT2D eigenvalue weighted by Crippen LogP contribution is -2.61. The van der Waals surface area contributed by atoms with Crippen molar-refractivity contribution in [1.29, 1.82) is 5.26 Å². The van der Waals surface area contributed by atoms with Crippen LogP contribution in [0.1, 0.15) is 81.8 Å². The summed E-state index contributed by atoms with van der Waals surface area (Å²) in [6, 6.07) is 10.6. The van der Waals surface area contributed by atoms with Crippen LogP contribution < -0.4 is 26.0 Å². The molecule has 5 saturated carbocycles. The number of nitriles is 1. The number of anilines is 2. The number of para-hydroxylation sites is 1. The first kappa shape index (κ1) is 32.4. The summed E-state index contributed by atoms with van der Waals surface area (Å²) >= 11 is 0. The Hall–Kier alpha value is -3.14. The van der Waals surface area contributed by atoms with Crippen molar-refractivity contribution in [3.05, 3.63) is 41.6 Å². The minimum absolute atomic E-state index is 0.0368. The van der Waals surface area contributed by atoms with Crippen LogP contribution in [0.15, 0.2) is 30.5 Å². The number of alkyl halides is 3. The Labute approximate surface area is 274 Å². The van der Waals surface area contributed by atoms with Gasteiger partial charge in [-0.3, -0.25) is 0 Å². The Balaban J connectivity index is 0.938. The lowest BCUT2D eigenvalue weighted by Gasteiger charge is -2.61. The Bertz CT molecular complexity index is 1400. The molecule has 2 aromatic rings. The Morgan fingerprint density at radius 2 is 1.60 bits per heavy atom. The van der Waals surface area contributed by atoms with Crippen molar-refractivity contribution in [3.8, 4) is 11.8 Å². The van der Waals surface area contributed by atoms with Gasteiger partial charge >= 0.3 is 6.36 Å². The van der Waals surface area contributed by atoms with Crippen LogP contribution in [0.3, 0.4) is 0 Å². The standard InChI is InChI=1S/C35H46F3N7O2/c36-35(37,38)47-30-4-2-1-3-23(30)19-40-33-41-20-26(18-39)32(45-33)42-21-34-15-22-13-24(16-34)31(25(14-22)17-34)44-28-7-5-27(6-8-28)43-29-9-11-46-12-10-29/h1-4,20,22,24-25,27-29,31,43-44H,5-17,19,21H2,(H2,40,41,42,45)/t22?,24-,25+,27-,28+,31-,34-. The molecule has 5 aliphatic carbocycles. The third kappa shape index (κ3) is 7.79. The SMILES string of the molecule is N#Cc1cnc(NCc2ccccc2OC(F)(F)F)nc1NC[C@]12CC3C[C@H](C1)[C@@H](N[C@H]1CC[C@@H](NC4CCOCC4)CC1)[C@@H](C3)C2. The van der Waals surface area contributed by atoms with Gasteiger partial charge in [-0.05, 0) is 99.9 Å². The van der Waals surface area contributed by atoms with Crippen LogP contribution in [0.2, 0.25) is 0 Å². The van der Waals surface area contributed by atoms with E-state index in [2.05, 4.69) is 42.0 Å².